The van der Waals surface area contributed by atoms with Crippen molar-refractivity contribution in [1.29, 1.82) is 0 Å². The van der Waals surface area contributed by atoms with Gasteiger partial charge in [-0.05, 0) is 44.2 Å². The van der Waals surface area contributed by atoms with Gasteiger partial charge >= 0.3 is 0 Å². The van der Waals surface area contributed by atoms with Crippen LogP contribution in [0.3, 0.4) is 0 Å². The van der Waals surface area contributed by atoms with Crippen LogP contribution < -0.4 is 5.43 Å². The summed E-state index contributed by atoms with van der Waals surface area (Å²) in [5.41, 5.74) is 5.97. The lowest BCUT2D eigenvalue weighted by molar-refractivity contribution is 0.0954. The van der Waals surface area contributed by atoms with Crippen molar-refractivity contribution in [2.75, 3.05) is 0 Å². The number of amides is 1. The van der Waals surface area contributed by atoms with E-state index in [1.807, 2.05) is 5.38 Å². The van der Waals surface area contributed by atoms with Crippen molar-refractivity contribution in [1.82, 2.24) is 5.43 Å². The van der Waals surface area contributed by atoms with Crippen molar-refractivity contribution >= 4 is 57.5 Å². The van der Waals surface area contributed by atoms with E-state index in [-0.39, 0.29) is 5.91 Å². The van der Waals surface area contributed by atoms with E-state index in [1.54, 1.807) is 24.3 Å². The third-order valence-corrected chi connectivity index (χ3v) is 6.25. The van der Waals surface area contributed by atoms with Gasteiger partial charge in [0.2, 0.25) is 0 Å². The molecule has 1 amide bonds. The van der Waals surface area contributed by atoms with Gasteiger partial charge in [0, 0.05) is 15.8 Å². The second kappa shape index (κ2) is 6.71. The fraction of sp³-hybridized carbons (Fsp3) is 0.333. The first-order chi connectivity index (χ1) is 10.6. The highest BCUT2D eigenvalue weighted by Gasteiger charge is 2.20. The van der Waals surface area contributed by atoms with E-state index < -0.39 is 0 Å². The zero-order valence-corrected chi connectivity index (χ0v) is 15.1. The fourth-order valence-electron chi connectivity index (χ4n) is 2.53. The Morgan fingerprint density at radius 1 is 1.27 bits per heavy atom. The van der Waals surface area contributed by atoms with Crippen LogP contribution in [0.1, 0.15) is 46.1 Å². The average molecular weight is 373 g/mol. The molecule has 2 aromatic heterocycles. The largest absolute Gasteiger partial charge is 0.272 e. The zero-order chi connectivity index (χ0) is 15.7. The summed E-state index contributed by atoms with van der Waals surface area (Å²) >= 11 is 15.0. The maximum atomic E-state index is 12.3. The predicted molar refractivity (Wildman–Crippen MR) is 95.0 cm³/mol. The second-order valence-corrected chi connectivity index (χ2v) is 8.38. The van der Waals surface area contributed by atoms with E-state index in [1.165, 1.54) is 28.2 Å². The molecule has 3 nitrogen and oxygen atoms in total. The molecule has 0 spiro atoms. The Morgan fingerprint density at radius 3 is 2.77 bits per heavy atom. The van der Waals surface area contributed by atoms with Gasteiger partial charge in [-0.25, -0.2) is 5.43 Å². The molecule has 1 aliphatic rings. The highest BCUT2D eigenvalue weighted by atomic mass is 35.5. The van der Waals surface area contributed by atoms with Gasteiger partial charge in [-0.1, -0.05) is 23.2 Å². The molecule has 1 N–H and O–H groups in total. The molecular weight excluding hydrogens is 359 g/mol. The topological polar surface area (TPSA) is 41.5 Å². The molecule has 0 saturated carbocycles. The molecule has 3 rings (SSSR count). The lowest BCUT2D eigenvalue weighted by Gasteiger charge is -2.12. The van der Waals surface area contributed by atoms with Crippen molar-refractivity contribution < 1.29 is 4.79 Å². The minimum absolute atomic E-state index is 0.156. The number of aryl methyl sites for hydroxylation is 1. The first-order valence-corrected chi connectivity index (χ1v) is 9.40. The molecule has 0 fully saturated rings. The van der Waals surface area contributed by atoms with Gasteiger partial charge in [0.25, 0.3) is 5.91 Å². The number of rotatable bonds is 3. The van der Waals surface area contributed by atoms with Crippen LogP contribution in [0.15, 0.2) is 16.5 Å². The van der Waals surface area contributed by atoms with Crippen molar-refractivity contribution in [2.45, 2.75) is 32.6 Å². The number of hydrogen-bond acceptors (Lipinski definition) is 4. The maximum absolute atomic E-state index is 12.3. The SMILES string of the molecule is C/C(=N/NC(=O)c1csc2c1CCCC2)c1cc(Cl)sc1Cl. The molecule has 116 valence electrons. The molecule has 0 unspecified atom stereocenters. The molecular formula is C15H14Cl2N2OS2. The van der Waals surface area contributed by atoms with Gasteiger partial charge in [-0.2, -0.15) is 5.10 Å². The number of thiophene rings is 2. The summed E-state index contributed by atoms with van der Waals surface area (Å²) in [4.78, 5) is 13.7. The highest BCUT2D eigenvalue weighted by molar-refractivity contribution is 7.20. The highest BCUT2D eigenvalue weighted by Crippen LogP contribution is 2.32. The van der Waals surface area contributed by atoms with Crippen LogP contribution in [0, 0.1) is 0 Å². The molecule has 0 atom stereocenters. The lowest BCUT2D eigenvalue weighted by atomic mass is 9.96. The Hall–Kier alpha value is -0.880. The molecule has 7 heteroatoms. The Morgan fingerprint density at radius 2 is 2.05 bits per heavy atom. The van der Waals surface area contributed by atoms with Crippen LogP contribution >= 0.6 is 45.9 Å². The monoisotopic (exact) mass is 372 g/mol. The molecule has 0 aromatic carbocycles. The number of nitrogens with zero attached hydrogens (tertiary/aromatic N) is 1. The van der Waals surface area contributed by atoms with E-state index in [4.69, 9.17) is 23.2 Å². The maximum Gasteiger partial charge on any atom is 0.272 e. The molecule has 2 aromatic rings. The summed E-state index contributed by atoms with van der Waals surface area (Å²) in [6, 6.07) is 1.76. The number of fused-ring (bicyclic) bond motifs is 1. The number of hydrogen-bond donors (Lipinski definition) is 1. The standard InChI is InChI=1S/C15H14Cl2N2OS2/c1-8(10-6-13(16)22-14(10)17)18-19-15(20)11-7-21-12-5-3-2-4-9(11)12/h6-7H,2-5H2,1H3,(H,19,20)/b18-8-. The molecule has 0 radical (unpaired) electrons. The summed E-state index contributed by atoms with van der Waals surface area (Å²) in [5, 5.41) is 6.09. The molecule has 22 heavy (non-hydrogen) atoms. The summed E-state index contributed by atoms with van der Waals surface area (Å²) in [6.45, 7) is 1.80. The Bertz CT molecular complexity index is 749. The molecule has 0 aliphatic heterocycles. The Labute approximate surface area is 147 Å². The summed E-state index contributed by atoms with van der Waals surface area (Å²) in [5.74, 6) is -0.156. The van der Waals surface area contributed by atoms with Crippen molar-refractivity contribution in [3.63, 3.8) is 0 Å². The minimum atomic E-state index is -0.156. The minimum Gasteiger partial charge on any atom is -0.267 e. The number of halogens is 2. The van der Waals surface area contributed by atoms with Gasteiger partial charge in [0.15, 0.2) is 0 Å². The van der Waals surface area contributed by atoms with Crippen LogP contribution in [0.4, 0.5) is 0 Å². The number of carbonyl (C=O) groups excluding carboxylic acids is 1. The Kier molecular flexibility index (Phi) is 4.88. The van der Waals surface area contributed by atoms with E-state index >= 15 is 0 Å². The van der Waals surface area contributed by atoms with E-state index in [2.05, 4.69) is 10.5 Å². The average Bonchev–Trinajstić information content (AvgIpc) is 3.07. The molecule has 0 bridgehead atoms. The van der Waals surface area contributed by atoms with Crippen molar-refractivity contribution in [3.8, 4) is 0 Å². The Balaban J connectivity index is 1.76. The smallest absolute Gasteiger partial charge is 0.267 e. The number of nitrogens with one attached hydrogen (secondary N) is 1. The predicted octanol–water partition coefficient (Wildman–Crippen LogP) is 5.15. The van der Waals surface area contributed by atoms with Crippen LogP contribution in [-0.2, 0) is 12.8 Å². The summed E-state index contributed by atoms with van der Waals surface area (Å²) < 4.78 is 1.18. The molecule has 2 heterocycles. The first-order valence-electron chi connectivity index (χ1n) is 6.95. The van der Waals surface area contributed by atoms with E-state index in [0.29, 0.717) is 14.4 Å². The van der Waals surface area contributed by atoms with E-state index in [0.717, 1.165) is 30.4 Å². The zero-order valence-electron chi connectivity index (χ0n) is 11.9. The van der Waals surface area contributed by atoms with Gasteiger partial charge in [0.05, 0.1) is 15.6 Å². The van der Waals surface area contributed by atoms with E-state index in [9.17, 15) is 4.79 Å². The summed E-state index contributed by atoms with van der Waals surface area (Å²) in [7, 11) is 0. The van der Waals surface area contributed by atoms with Crippen molar-refractivity contribution in [3.05, 3.63) is 41.7 Å². The second-order valence-electron chi connectivity index (χ2n) is 5.13. The van der Waals surface area contributed by atoms with Crippen LogP contribution in [0.5, 0.6) is 0 Å². The van der Waals surface area contributed by atoms with Gasteiger partial charge in [-0.15, -0.1) is 22.7 Å². The number of hydrazone groups is 1. The van der Waals surface area contributed by atoms with Crippen LogP contribution in [0.25, 0.3) is 0 Å². The van der Waals surface area contributed by atoms with Gasteiger partial charge in [-0.3, -0.25) is 4.79 Å². The fourth-order valence-corrected chi connectivity index (χ4v) is 5.22. The molecule has 1 aliphatic carbocycles. The van der Waals surface area contributed by atoms with Crippen LogP contribution in [0.2, 0.25) is 8.67 Å². The number of carbonyl (C=O) groups is 1. The third-order valence-electron chi connectivity index (χ3n) is 3.68. The molecule has 0 saturated heterocycles. The first kappa shape index (κ1) is 16.0. The third kappa shape index (κ3) is 3.23. The lowest BCUT2D eigenvalue weighted by Crippen LogP contribution is -2.20. The van der Waals surface area contributed by atoms with Gasteiger partial charge in [0.1, 0.15) is 4.34 Å². The van der Waals surface area contributed by atoms with Gasteiger partial charge < -0.3 is 0 Å². The quantitative estimate of drug-likeness (QED) is 0.587. The normalized spacial score (nSPS) is 14.8. The summed E-state index contributed by atoms with van der Waals surface area (Å²) in [6.07, 6.45) is 4.42. The van der Waals surface area contributed by atoms with Crippen LogP contribution in [-0.4, -0.2) is 11.6 Å². The van der Waals surface area contributed by atoms with Crippen molar-refractivity contribution in [2.24, 2.45) is 5.10 Å².